The number of nitrogens with one attached hydrogen (secondary N) is 1. The summed E-state index contributed by atoms with van der Waals surface area (Å²) in [6.07, 6.45) is 1.54. The van der Waals surface area contributed by atoms with Gasteiger partial charge in [-0.2, -0.15) is 0 Å². The lowest BCUT2D eigenvalue weighted by Gasteiger charge is -2.19. The fourth-order valence-electron chi connectivity index (χ4n) is 2.05. The first kappa shape index (κ1) is 14.7. The number of anilines is 1. The molecule has 110 valence electrons. The molecule has 1 unspecified atom stereocenters. The summed E-state index contributed by atoms with van der Waals surface area (Å²) in [4.78, 5) is 25.7. The van der Waals surface area contributed by atoms with Crippen molar-refractivity contribution in [2.45, 2.75) is 19.9 Å². The van der Waals surface area contributed by atoms with Crippen molar-refractivity contribution in [1.82, 2.24) is 4.98 Å². The van der Waals surface area contributed by atoms with Gasteiger partial charge in [-0.3, -0.25) is 10.1 Å². The van der Waals surface area contributed by atoms with E-state index in [2.05, 4.69) is 10.3 Å². The van der Waals surface area contributed by atoms with Gasteiger partial charge in [-0.15, -0.1) is 0 Å². The molecule has 0 aliphatic rings. The highest BCUT2D eigenvalue weighted by molar-refractivity contribution is 5.94. The highest BCUT2D eigenvalue weighted by atomic mass is 16.6. The molecule has 1 aromatic heterocycles. The number of aliphatic carboxylic acids is 1. The zero-order valence-electron chi connectivity index (χ0n) is 11.6. The van der Waals surface area contributed by atoms with E-state index in [1.54, 1.807) is 26.0 Å². The molecule has 0 aliphatic heterocycles. The number of aromatic nitrogens is 1. The highest BCUT2D eigenvalue weighted by Crippen LogP contribution is 2.26. The number of pyridine rings is 1. The number of nitro benzene ring substituents is 1. The van der Waals surface area contributed by atoms with Gasteiger partial charge in [-0.05, 0) is 23.4 Å². The van der Waals surface area contributed by atoms with Crippen LogP contribution in [0.25, 0.3) is 10.8 Å². The number of nitro groups is 1. The van der Waals surface area contributed by atoms with E-state index in [-0.39, 0.29) is 11.6 Å². The molecule has 1 aromatic carbocycles. The Kier molecular flexibility index (Phi) is 4.02. The molecule has 0 saturated carbocycles. The number of hydrogen-bond donors (Lipinski definition) is 2. The number of benzene rings is 1. The van der Waals surface area contributed by atoms with Crippen molar-refractivity contribution in [3.8, 4) is 0 Å². The van der Waals surface area contributed by atoms with Gasteiger partial charge < -0.3 is 10.4 Å². The Hall–Kier alpha value is -2.70. The Bertz CT molecular complexity index is 700. The molecular weight excluding hydrogens is 274 g/mol. The van der Waals surface area contributed by atoms with E-state index in [1.807, 2.05) is 0 Å². The smallest absolute Gasteiger partial charge is 0.326 e. The maximum absolute atomic E-state index is 11.3. The molecule has 7 nitrogen and oxygen atoms in total. The van der Waals surface area contributed by atoms with E-state index >= 15 is 0 Å². The van der Waals surface area contributed by atoms with Crippen LogP contribution in [-0.2, 0) is 4.79 Å². The molecule has 1 heterocycles. The first-order valence-electron chi connectivity index (χ1n) is 6.42. The van der Waals surface area contributed by atoms with Gasteiger partial charge >= 0.3 is 5.97 Å². The van der Waals surface area contributed by atoms with E-state index in [9.17, 15) is 20.0 Å². The number of rotatable bonds is 5. The van der Waals surface area contributed by atoms with Crippen LogP contribution in [0.2, 0.25) is 0 Å². The van der Waals surface area contributed by atoms with Crippen molar-refractivity contribution < 1.29 is 14.8 Å². The minimum atomic E-state index is -0.991. The number of carboxylic acids is 1. The lowest BCUT2D eigenvalue weighted by atomic mass is 10.0. The van der Waals surface area contributed by atoms with Crippen LogP contribution in [0.4, 0.5) is 11.5 Å². The number of fused-ring (bicyclic) bond motifs is 1. The van der Waals surface area contributed by atoms with E-state index in [1.165, 1.54) is 18.3 Å². The van der Waals surface area contributed by atoms with Crippen molar-refractivity contribution in [3.63, 3.8) is 0 Å². The average Bonchev–Trinajstić information content (AvgIpc) is 2.43. The third-order valence-corrected chi connectivity index (χ3v) is 3.19. The highest BCUT2D eigenvalue weighted by Gasteiger charge is 2.22. The molecule has 0 aliphatic carbocycles. The van der Waals surface area contributed by atoms with Crippen LogP contribution >= 0.6 is 0 Å². The topological polar surface area (TPSA) is 105 Å². The van der Waals surface area contributed by atoms with Gasteiger partial charge in [0.05, 0.1) is 4.92 Å². The Balaban J connectivity index is 2.50. The van der Waals surface area contributed by atoms with E-state index in [0.717, 1.165) is 5.39 Å². The summed E-state index contributed by atoms with van der Waals surface area (Å²) in [5.41, 5.74) is -0.0602. The number of hydrogen-bond acceptors (Lipinski definition) is 5. The molecule has 0 radical (unpaired) electrons. The maximum atomic E-state index is 11.3. The van der Waals surface area contributed by atoms with Crippen LogP contribution in [-0.4, -0.2) is 27.0 Å². The van der Waals surface area contributed by atoms with E-state index in [4.69, 9.17) is 0 Å². The Morgan fingerprint density at radius 3 is 2.67 bits per heavy atom. The van der Waals surface area contributed by atoms with E-state index < -0.39 is 16.9 Å². The Morgan fingerprint density at radius 2 is 2.10 bits per heavy atom. The van der Waals surface area contributed by atoms with Crippen LogP contribution in [0.3, 0.4) is 0 Å². The molecular formula is C14H15N3O4. The van der Waals surface area contributed by atoms with Crippen molar-refractivity contribution in [2.24, 2.45) is 5.92 Å². The van der Waals surface area contributed by atoms with Gasteiger partial charge in [0, 0.05) is 23.7 Å². The summed E-state index contributed by atoms with van der Waals surface area (Å²) in [5.74, 6) is -0.815. The maximum Gasteiger partial charge on any atom is 0.326 e. The number of carboxylic acid groups (broad SMARTS) is 1. The summed E-state index contributed by atoms with van der Waals surface area (Å²) in [6, 6.07) is 5.32. The third-order valence-electron chi connectivity index (χ3n) is 3.19. The van der Waals surface area contributed by atoms with Gasteiger partial charge in [0.25, 0.3) is 5.69 Å². The summed E-state index contributed by atoms with van der Waals surface area (Å²) >= 11 is 0. The molecule has 7 heteroatoms. The zero-order valence-corrected chi connectivity index (χ0v) is 11.6. The fourth-order valence-corrected chi connectivity index (χ4v) is 2.05. The van der Waals surface area contributed by atoms with Gasteiger partial charge in [-0.1, -0.05) is 13.8 Å². The van der Waals surface area contributed by atoms with Gasteiger partial charge in [0.15, 0.2) is 0 Å². The Morgan fingerprint density at radius 1 is 1.38 bits per heavy atom. The predicted octanol–water partition coefficient (Wildman–Crippen LogP) is 2.66. The van der Waals surface area contributed by atoms with Crippen molar-refractivity contribution in [3.05, 3.63) is 40.6 Å². The molecule has 2 N–H and O–H groups in total. The number of carbonyl (C=O) groups is 1. The summed E-state index contributed by atoms with van der Waals surface area (Å²) in [6.45, 7) is 3.55. The predicted molar refractivity (Wildman–Crippen MR) is 78.3 cm³/mol. The molecule has 2 aromatic rings. The quantitative estimate of drug-likeness (QED) is 0.647. The van der Waals surface area contributed by atoms with Crippen LogP contribution in [0.5, 0.6) is 0 Å². The minimum absolute atomic E-state index is 0.0602. The Labute approximate surface area is 120 Å². The molecule has 0 spiro atoms. The van der Waals surface area contributed by atoms with Gasteiger partial charge in [-0.25, -0.2) is 9.78 Å². The second-order valence-electron chi connectivity index (χ2n) is 5.03. The summed E-state index contributed by atoms with van der Waals surface area (Å²) < 4.78 is 0. The molecule has 0 fully saturated rings. The first-order valence-corrected chi connectivity index (χ1v) is 6.42. The second kappa shape index (κ2) is 5.74. The number of nitrogens with zero attached hydrogens (tertiary/aromatic N) is 2. The van der Waals surface area contributed by atoms with Gasteiger partial charge in [0.2, 0.25) is 0 Å². The van der Waals surface area contributed by atoms with E-state index in [0.29, 0.717) is 11.2 Å². The van der Waals surface area contributed by atoms with Crippen molar-refractivity contribution in [1.29, 1.82) is 0 Å². The minimum Gasteiger partial charge on any atom is -0.480 e. The zero-order chi connectivity index (χ0) is 15.6. The van der Waals surface area contributed by atoms with Gasteiger partial charge in [0.1, 0.15) is 11.9 Å². The molecule has 0 amide bonds. The monoisotopic (exact) mass is 289 g/mol. The fraction of sp³-hybridized carbons (Fsp3) is 0.286. The lowest BCUT2D eigenvalue weighted by Crippen LogP contribution is -2.34. The van der Waals surface area contributed by atoms with Crippen LogP contribution in [0, 0.1) is 16.0 Å². The van der Waals surface area contributed by atoms with Crippen molar-refractivity contribution in [2.75, 3.05) is 5.32 Å². The second-order valence-corrected chi connectivity index (χ2v) is 5.03. The largest absolute Gasteiger partial charge is 0.480 e. The summed E-state index contributed by atoms with van der Waals surface area (Å²) in [7, 11) is 0. The molecule has 0 saturated heterocycles. The van der Waals surface area contributed by atoms with Crippen LogP contribution < -0.4 is 5.32 Å². The first-order chi connectivity index (χ1) is 9.90. The number of non-ortho nitro benzene ring substituents is 1. The molecule has 1 atom stereocenters. The lowest BCUT2D eigenvalue weighted by molar-refractivity contribution is -0.384. The van der Waals surface area contributed by atoms with Crippen LogP contribution in [0.15, 0.2) is 30.5 Å². The summed E-state index contributed by atoms with van der Waals surface area (Å²) in [5, 5.41) is 24.2. The van der Waals surface area contributed by atoms with Crippen molar-refractivity contribution >= 4 is 28.2 Å². The third kappa shape index (κ3) is 3.07. The SMILES string of the molecule is CC(C)C(Nc1nccc2ccc([N+](=O)[O-])cc12)C(=O)O. The average molecular weight is 289 g/mol. The standard InChI is InChI=1S/C14H15N3O4/c1-8(2)12(14(18)19)16-13-11-7-10(17(20)21)4-3-9(11)5-6-15-13/h3-8,12H,1-2H3,(H,15,16)(H,18,19). The molecule has 2 rings (SSSR count). The normalized spacial score (nSPS) is 12.3. The molecule has 0 bridgehead atoms. The van der Waals surface area contributed by atoms with Crippen LogP contribution in [0.1, 0.15) is 13.8 Å². The molecule has 21 heavy (non-hydrogen) atoms.